The van der Waals surface area contributed by atoms with Gasteiger partial charge >= 0.3 is 0 Å². The van der Waals surface area contributed by atoms with Crippen molar-refractivity contribution in [2.45, 2.75) is 52.0 Å². The molecule has 1 aliphatic carbocycles. The number of hydrogen-bond donors (Lipinski definition) is 2. The number of rotatable bonds is 4. The number of aryl methyl sites for hydroxylation is 2. The molecule has 0 aliphatic heterocycles. The molecule has 1 heterocycles. The summed E-state index contributed by atoms with van der Waals surface area (Å²) >= 11 is 0. The van der Waals surface area contributed by atoms with Gasteiger partial charge in [-0.3, -0.25) is 9.78 Å². The first-order valence-corrected chi connectivity index (χ1v) is 8.72. The summed E-state index contributed by atoms with van der Waals surface area (Å²) in [4.78, 5) is 16.7. The fourth-order valence-electron chi connectivity index (χ4n) is 3.35. The van der Waals surface area contributed by atoms with E-state index in [0.717, 1.165) is 24.2 Å². The predicted molar refractivity (Wildman–Crippen MR) is 97.8 cm³/mol. The Morgan fingerprint density at radius 2 is 1.71 bits per heavy atom. The van der Waals surface area contributed by atoms with Crippen molar-refractivity contribution in [3.05, 3.63) is 53.3 Å². The normalized spacial score (nSPS) is 15.1. The van der Waals surface area contributed by atoms with Crippen LogP contribution in [0.1, 0.15) is 53.7 Å². The van der Waals surface area contributed by atoms with Gasteiger partial charge in [0.25, 0.3) is 5.91 Å². The van der Waals surface area contributed by atoms with E-state index in [4.69, 9.17) is 0 Å². The molecule has 1 saturated carbocycles. The van der Waals surface area contributed by atoms with Crippen molar-refractivity contribution in [1.29, 1.82) is 0 Å². The Balaban J connectivity index is 1.70. The standard InChI is InChI=1S/C20H25N3O/c1-14-10-15(2)12-18(11-14)22-17-8-9-21-19(13-17)20(24)23-16-6-4-3-5-7-16/h8-13,16H,3-7H2,1-2H3,(H,21,22)(H,23,24). The number of pyridine rings is 1. The van der Waals surface area contributed by atoms with Gasteiger partial charge in [0.1, 0.15) is 5.69 Å². The van der Waals surface area contributed by atoms with Gasteiger partial charge in [0.15, 0.2) is 0 Å². The third-order valence-corrected chi connectivity index (χ3v) is 4.44. The Morgan fingerprint density at radius 1 is 1.00 bits per heavy atom. The minimum absolute atomic E-state index is 0.0778. The van der Waals surface area contributed by atoms with E-state index >= 15 is 0 Å². The summed E-state index contributed by atoms with van der Waals surface area (Å²) in [5.41, 5.74) is 4.79. The summed E-state index contributed by atoms with van der Waals surface area (Å²) < 4.78 is 0. The molecule has 1 amide bonds. The fourth-order valence-corrected chi connectivity index (χ4v) is 3.35. The molecule has 1 fully saturated rings. The molecule has 0 saturated heterocycles. The molecule has 4 heteroatoms. The van der Waals surface area contributed by atoms with E-state index in [9.17, 15) is 4.79 Å². The summed E-state index contributed by atoms with van der Waals surface area (Å²) in [6.45, 7) is 4.15. The minimum atomic E-state index is -0.0778. The van der Waals surface area contributed by atoms with E-state index in [-0.39, 0.29) is 5.91 Å². The second-order valence-corrected chi connectivity index (χ2v) is 6.74. The lowest BCUT2D eigenvalue weighted by Crippen LogP contribution is -2.36. The average Bonchev–Trinajstić information content (AvgIpc) is 2.55. The van der Waals surface area contributed by atoms with Gasteiger partial charge in [-0.25, -0.2) is 0 Å². The monoisotopic (exact) mass is 323 g/mol. The van der Waals surface area contributed by atoms with E-state index < -0.39 is 0 Å². The van der Waals surface area contributed by atoms with E-state index in [1.807, 2.05) is 12.1 Å². The maximum Gasteiger partial charge on any atom is 0.270 e. The molecule has 0 unspecified atom stereocenters. The zero-order valence-corrected chi connectivity index (χ0v) is 14.4. The Kier molecular flexibility index (Phi) is 5.14. The second kappa shape index (κ2) is 7.47. The summed E-state index contributed by atoms with van der Waals surface area (Å²) in [7, 11) is 0. The smallest absolute Gasteiger partial charge is 0.270 e. The van der Waals surface area contributed by atoms with Crippen molar-refractivity contribution >= 4 is 17.3 Å². The van der Waals surface area contributed by atoms with Gasteiger partial charge in [0.05, 0.1) is 0 Å². The maximum atomic E-state index is 12.4. The number of carbonyl (C=O) groups is 1. The van der Waals surface area contributed by atoms with Gasteiger partial charge in [-0.1, -0.05) is 25.3 Å². The van der Waals surface area contributed by atoms with Crippen molar-refractivity contribution < 1.29 is 4.79 Å². The van der Waals surface area contributed by atoms with Crippen LogP contribution in [0.5, 0.6) is 0 Å². The topological polar surface area (TPSA) is 54.0 Å². The number of benzene rings is 1. The molecule has 126 valence electrons. The van der Waals surface area contributed by atoms with E-state index in [2.05, 4.69) is 47.7 Å². The number of nitrogens with zero attached hydrogens (tertiary/aromatic N) is 1. The average molecular weight is 323 g/mol. The molecule has 1 aromatic carbocycles. The van der Waals surface area contributed by atoms with Gasteiger partial charge in [-0.2, -0.15) is 0 Å². The predicted octanol–water partition coefficient (Wildman–Crippen LogP) is 4.50. The highest BCUT2D eigenvalue weighted by atomic mass is 16.1. The highest BCUT2D eigenvalue weighted by Gasteiger charge is 2.17. The number of nitrogens with one attached hydrogen (secondary N) is 2. The second-order valence-electron chi connectivity index (χ2n) is 6.74. The largest absolute Gasteiger partial charge is 0.355 e. The lowest BCUT2D eigenvalue weighted by molar-refractivity contribution is 0.0922. The van der Waals surface area contributed by atoms with Gasteiger partial charge in [-0.05, 0) is 62.1 Å². The molecule has 0 atom stereocenters. The molecular formula is C20H25N3O. The first kappa shape index (κ1) is 16.5. The van der Waals surface area contributed by atoms with Crippen LogP contribution in [-0.2, 0) is 0 Å². The lowest BCUT2D eigenvalue weighted by atomic mass is 9.95. The minimum Gasteiger partial charge on any atom is -0.355 e. The Bertz CT molecular complexity index is 700. The van der Waals surface area contributed by atoms with Crippen LogP contribution in [0.25, 0.3) is 0 Å². The summed E-state index contributed by atoms with van der Waals surface area (Å²) in [6.07, 6.45) is 7.51. The molecule has 0 spiro atoms. The summed E-state index contributed by atoms with van der Waals surface area (Å²) in [6, 6.07) is 10.3. The van der Waals surface area contributed by atoms with Crippen LogP contribution in [0.4, 0.5) is 11.4 Å². The molecule has 1 aliphatic rings. The number of aromatic nitrogens is 1. The van der Waals surface area contributed by atoms with Crippen LogP contribution in [-0.4, -0.2) is 16.9 Å². The molecule has 0 radical (unpaired) electrons. The first-order chi connectivity index (χ1) is 11.6. The molecule has 1 aromatic heterocycles. The molecule has 3 rings (SSSR count). The van der Waals surface area contributed by atoms with Crippen molar-refractivity contribution in [1.82, 2.24) is 10.3 Å². The zero-order valence-electron chi connectivity index (χ0n) is 14.4. The van der Waals surface area contributed by atoms with E-state index in [0.29, 0.717) is 11.7 Å². The number of anilines is 2. The van der Waals surface area contributed by atoms with Gasteiger partial charge < -0.3 is 10.6 Å². The van der Waals surface area contributed by atoms with Crippen LogP contribution in [0.15, 0.2) is 36.5 Å². The summed E-state index contributed by atoms with van der Waals surface area (Å²) in [5.74, 6) is -0.0778. The zero-order chi connectivity index (χ0) is 16.9. The highest BCUT2D eigenvalue weighted by Crippen LogP contribution is 2.21. The molecule has 0 bridgehead atoms. The first-order valence-electron chi connectivity index (χ1n) is 8.72. The summed E-state index contributed by atoms with van der Waals surface area (Å²) in [5, 5.41) is 6.48. The number of amides is 1. The molecule has 4 nitrogen and oxygen atoms in total. The maximum absolute atomic E-state index is 12.4. The van der Waals surface area contributed by atoms with Crippen LogP contribution < -0.4 is 10.6 Å². The lowest BCUT2D eigenvalue weighted by Gasteiger charge is -2.22. The molecule has 24 heavy (non-hydrogen) atoms. The van der Waals surface area contributed by atoms with Gasteiger partial charge in [0, 0.05) is 23.6 Å². The van der Waals surface area contributed by atoms with Crippen molar-refractivity contribution in [2.24, 2.45) is 0 Å². The molecule has 2 aromatic rings. The third-order valence-electron chi connectivity index (χ3n) is 4.44. The van der Waals surface area contributed by atoms with Crippen LogP contribution >= 0.6 is 0 Å². The molecular weight excluding hydrogens is 298 g/mol. The molecule has 2 N–H and O–H groups in total. The Morgan fingerprint density at radius 3 is 2.42 bits per heavy atom. The van der Waals surface area contributed by atoms with Crippen LogP contribution in [0, 0.1) is 13.8 Å². The van der Waals surface area contributed by atoms with Crippen LogP contribution in [0.2, 0.25) is 0 Å². The quantitative estimate of drug-likeness (QED) is 0.870. The fraction of sp³-hybridized carbons (Fsp3) is 0.400. The van der Waals surface area contributed by atoms with Gasteiger partial charge in [0.2, 0.25) is 0 Å². The SMILES string of the molecule is Cc1cc(C)cc(Nc2ccnc(C(=O)NC3CCCCC3)c2)c1. The Hall–Kier alpha value is -2.36. The van der Waals surface area contributed by atoms with Crippen molar-refractivity contribution in [3.63, 3.8) is 0 Å². The van der Waals surface area contributed by atoms with Crippen molar-refractivity contribution in [2.75, 3.05) is 5.32 Å². The third kappa shape index (κ3) is 4.34. The van der Waals surface area contributed by atoms with Gasteiger partial charge in [-0.15, -0.1) is 0 Å². The number of hydrogen-bond acceptors (Lipinski definition) is 3. The van der Waals surface area contributed by atoms with E-state index in [1.165, 1.54) is 30.4 Å². The number of carbonyl (C=O) groups excluding carboxylic acids is 1. The van der Waals surface area contributed by atoms with E-state index in [1.54, 1.807) is 6.20 Å². The van der Waals surface area contributed by atoms with Crippen LogP contribution in [0.3, 0.4) is 0 Å². The highest BCUT2D eigenvalue weighted by molar-refractivity contribution is 5.93. The Labute approximate surface area is 143 Å². The van der Waals surface area contributed by atoms with Crippen molar-refractivity contribution in [3.8, 4) is 0 Å².